The van der Waals surface area contributed by atoms with Gasteiger partial charge in [-0.15, -0.1) is 0 Å². The number of hydrogen-bond donors (Lipinski definition) is 1. The fourth-order valence-corrected chi connectivity index (χ4v) is 4.88. The van der Waals surface area contributed by atoms with Crippen LogP contribution in [-0.4, -0.2) is 30.0 Å². The number of nitrogens with one attached hydrogen (secondary N) is 1. The van der Waals surface area contributed by atoms with Gasteiger partial charge in [0.25, 0.3) is 5.16 Å². The van der Waals surface area contributed by atoms with Gasteiger partial charge in [0, 0.05) is 22.4 Å². The molecule has 10 heteroatoms. The third-order valence-corrected chi connectivity index (χ3v) is 7.27. The van der Waals surface area contributed by atoms with Crippen molar-refractivity contribution in [2.45, 2.75) is 19.0 Å². The number of benzene rings is 3. The summed E-state index contributed by atoms with van der Waals surface area (Å²) >= 11 is 3.30. The lowest BCUT2D eigenvalue weighted by atomic mass is 9.99. The van der Waals surface area contributed by atoms with E-state index in [1.54, 1.807) is 36.4 Å². The Hall–Kier alpha value is -4.07. The van der Waals surface area contributed by atoms with Crippen molar-refractivity contribution in [3.8, 4) is 28.8 Å². The summed E-state index contributed by atoms with van der Waals surface area (Å²) in [6.45, 7) is 3.75. The molecule has 4 aromatic rings. The normalized spacial score (nSPS) is 11.0. The summed E-state index contributed by atoms with van der Waals surface area (Å²) < 4.78 is 32.4. The van der Waals surface area contributed by atoms with Crippen molar-refractivity contribution in [2.75, 3.05) is 11.1 Å². The predicted molar refractivity (Wildman–Crippen MR) is 143 cm³/mol. The zero-order chi connectivity index (χ0) is 26.6. The second-order valence-corrected chi connectivity index (χ2v) is 11.0. The first-order valence-electron chi connectivity index (χ1n) is 11.1. The number of carbonyl (C=O) groups excluding carboxylic acids is 1. The van der Waals surface area contributed by atoms with Crippen LogP contribution in [0.15, 0.2) is 82.6 Å². The molecule has 0 aliphatic carbocycles. The van der Waals surface area contributed by atoms with E-state index in [-0.39, 0.29) is 5.88 Å². The van der Waals surface area contributed by atoms with Crippen LogP contribution in [0.2, 0.25) is 0 Å². The molecule has 0 aliphatic heterocycles. The molecule has 186 valence electrons. The molecule has 0 fully saturated rings. The van der Waals surface area contributed by atoms with E-state index in [1.165, 1.54) is 12.3 Å². The van der Waals surface area contributed by atoms with Gasteiger partial charge in [-0.25, -0.2) is 13.4 Å². The van der Waals surface area contributed by atoms with Gasteiger partial charge in [0.1, 0.15) is 11.5 Å². The van der Waals surface area contributed by atoms with Crippen LogP contribution in [-0.2, 0) is 14.6 Å². The molecule has 0 atom stereocenters. The molecule has 1 aromatic heterocycles. The summed E-state index contributed by atoms with van der Waals surface area (Å²) in [7, 11) is -4.12. The van der Waals surface area contributed by atoms with Gasteiger partial charge < -0.3 is 10.1 Å². The van der Waals surface area contributed by atoms with E-state index in [1.807, 2.05) is 38.1 Å². The average molecular weight is 577 g/mol. The number of anilines is 1. The molecule has 4 rings (SSSR count). The Morgan fingerprint density at radius 3 is 2.27 bits per heavy atom. The van der Waals surface area contributed by atoms with Gasteiger partial charge in [-0.1, -0.05) is 28.1 Å². The Labute approximate surface area is 223 Å². The highest BCUT2D eigenvalue weighted by Gasteiger charge is 2.23. The van der Waals surface area contributed by atoms with Crippen LogP contribution in [0.25, 0.3) is 11.1 Å². The number of ether oxygens (including phenoxy) is 1. The number of carbonyl (C=O) groups is 1. The molecule has 0 unspecified atom stereocenters. The standard InChI is InChI=1S/C27H21BrN4O4S/c1-17-13-21(20-5-3-19(15-29)4-6-20)14-18(2)26(17)36-25-11-12-30-27(32-25)37(34,35)16-24(33)31-23-9-7-22(28)8-10-23/h3-14H,16H2,1-2H3,(H,31,33). The Kier molecular flexibility index (Phi) is 7.66. The lowest BCUT2D eigenvalue weighted by Gasteiger charge is -2.14. The largest absolute Gasteiger partial charge is 0.438 e. The Bertz CT molecular complexity index is 1590. The van der Waals surface area contributed by atoms with E-state index < -0.39 is 26.7 Å². The minimum atomic E-state index is -4.12. The molecule has 0 saturated carbocycles. The zero-order valence-electron chi connectivity index (χ0n) is 19.9. The first-order valence-corrected chi connectivity index (χ1v) is 13.5. The minimum absolute atomic E-state index is 0.0409. The molecular weight excluding hydrogens is 556 g/mol. The average Bonchev–Trinajstić information content (AvgIpc) is 2.87. The minimum Gasteiger partial charge on any atom is -0.438 e. The van der Waals surface area contributed by atoms with Crippen molar-refractivity contribution in [2.24, 2.45) is 0 Å². The number of aromatic nitrogens is 2. The third-order valence-electron chi connectivity index (χ3n) is 5.35. The van der Waals surface area contributed by atoms with E-state index in [0.29, 0.717) is 17.0 Å². The number of aryl methyl sites for hydroxylation is 2. The summed E-state index contributed by atoms with van der Waals surface area (Å²) in [5.41, 5.74) is 4.59. The molecule has 0 saturated heterocycles. The van der Waals surface area contributed by atoms with Crippen LogP contribution in [0.3, 0.4) is 0 Å². The van der Waals surface area contributed by atoms with Crippen LogP contribution in [0.5, 0.6) is 11.6 Å². The number of nitriles is 1. The van der Waals surface area contributed by atoms with E-state index in [4.69, 9.17) is 10.00 Å². The van der Waals surface area contributed by atoms with Crippen molar-refractivity contribution < 1.29 is 17.9 Å². The van der Waals surface area contributed by atoms with Crippen LogP contribution in [0.4, 0.5) is 5.69 Å². The maximum Gasteiger partial charge on any atom is 0.250 e. The molecule has 37 heavy (non-hydrogen) atoms. The molecule has 3 aromatic carbocycles. The number of sulfone groups is 1. The number of amides is 1. The van der Waals surface area contributed by atoms with Crippen LogP contribution >= 0.6 is 15.9 Å². The number of rotatable bonds is 7. The van der Waals surface area contributed by atoms with Crippen LogP contribution in [0.1, 0.15) is 16.7 Å². The molecule has 0 bridgehead atoms. The summed E-state index contributed by atoms with van der Waals surface area (Å²) in [5, 5.41) is 11.1. The second kappa shape index (κ2) is 10.9. The highest BCUT2D eigenvalue weighted by Crippen LogP contribution is 2.33. The molecule has 1 N–H and O–H groups in total. The smallest absolute Gasteiger partial charge is 0.250 e. The van der Waals surface area contributed by atoms with Crippen molar-refractivity contribution in [1.82, 2.24) is 9.97 Å². The number of halogens is 1. The SMILES string of the molecule is Cc1cc(-c2ccc(C#N)cc2)cc(C)c1Oc1ccnc(S(=O)(=O)CC(=O)Nc2ccc(Br)cc2)n1. The zero-order valence-corrected chi connectivity index (χ0v) is 22.3. The maximum absolute atomic E-state index is 12.8. The lowest BCUT2D eigenvalue weighted by molar-refractivity contribution is -0.113. The molecule has 0 aliphatic rings. The summed E-state index contributed by atoms with van der Waals surface area (Å²) in [6, 6.07) is 21.5. The highest BCUT2D eigenvalue weighted by molar-refractivity contribution is 9.10. The molecule has 8 nitrogen and oxygen atoms in total. The van der Waals surface area contributed by atoms with Gasteiger partial charge in [0.05, 0.1) is 11.6 Å². The molecule has 0 spiro atoms. The van der Waals surface area contributed by atoms with Gasteiger partial charge in [-0.2, -0.15) is 10.2 Å². The molecule has 1 heterocycles. The summed E-state index contributed by atoms with van der Waals surface area (Å²) in [4.78, 5) is 20.2. The third kappa shape index (κ3) is 6.39. The predicted octanol–water partition coefficient (Wildman–Crippen LogP) is 5.60. The first-order chi connectivity index (χ1) is 17.6. The second-order valence-electron chi connectivity index (χ2n) is 8.22. The van der Waals surface area contributed by atoms with E-state index in [9.17, 15) is 13.2 Å². The van der Waals surface area contributed by atoms with E-state index >= 15 is 0 Å². The fraction of sp³-hybridized carbons (Fsp3) is 0.111. The fourth-order valence-electron chi connectivity index (χ4n) is 3.62. The topological polar surface area (TPSA) is 122 Å². The van der Waals surface area contributed by atoms with Crippen molar-refractivity contribution in [3.05, 3.63) is 94.1 Å². The van der Waals surface area contributed by atoms with Crippen molar-refractivity contribution in [3.63, 3.8) is 0 Å². The number of nitrogens with zero attached hydrogens (tertiary/aromatic N) is 3. The Balaban J connectivity index is 1.51. The van der Waals surface area contributed by atoms with Crippen molar-refractivity contribution >= 4 is 37.4 Å². The van der Waals surface area contributed by atoms with Crippen molar-refractivity contribution in [1.29, 1.82) is 5.26 Å². The van der Waals surface area contributed by atoms with Gasteiger partial charge in [0.2, 0.25) is 21.6 Å². The summed E-state index contributed by atoms with van der Waals surface area (Å²) in [6.07, 6.45) is 1.28. The van der Waals surface area contributed by atoms with Gasteiger partial charge in [0.15, 0.2) is 0 Å². The Morgan fingerprint density at radius 1 is 1.00 bits per heavy atom. The quantitative estimate of drug-likeness (QED) is 0.284. The lowest BCUT2D eigenvalue weighted by Crippen LogP contribution is -2.24. The van der Waals surface area contributed by atoms with Crippen LogP contribution in [0, 0.1) is 25.2 Å². The van der Waals surface area contributed by atoms with E-state index in [2.05, 4.69) is 37.3 Å². The Morgan fingerprint density at radius 2 is 1.65 bits per heavy atom. The highest BCUT2D eigenvalue weighted by atomic mass is 79.9. The molecular formula is C27H21BrN4O4S. The summed E-state index contributed by atoms with van der Waals surface area (Å²) in [5.74, 6) is -0.946. The molecule has 0 radical (unpaired) electrons. The monoisotopic (exact) mass is 576 g/mol. The van der Waals surface area contributed by atoms with Gasteiger partial charge in [-0.3, -0.25) is 4.79 Å². The van der Waals surface area contributed by atoms with E-state index in [0.717, 1.165) is 26.7 Å². The van der Waals surface area contributed by atoms with Gasteiger partial charge in [-0.05, 0) is 84.6 Å². The van der Waals surface area contributed by atoms with Gasteiger partial charge >= 0.3 is 0 Å². The number of hydrogen-bond acceptors (Lipinski definition) is 7. The maximum atomic E-state index is 12.8. The first kappa shape index (κ1) is 26.0. The molecule has 1 amide bonds. The van der Waals surface area contributed by atoms with Crippen LogP contribution < -0.4 is 10.1 Å².